The molecule has 86 valence electrons. The summed E-state index contributed by atoms with van der Waals surface area (Å²) in [4.78, 5) is 11.3. The molecule has 0 aliphatic rings. The summed E-state index contributed by atoms with van der Waals surface area (Å²) in [5, 5.41) is 2.79. The molecule has 0 aliphatic heterocycles. The molecule has 0 bridgehead atoms. The van der Waals surface area contributed by atoms with Crippen LogP contribution in [-0.4, -0.2) is 12.5 Å². The smallest absolute Gasteiger partial charge is 0.224 e. The second-order valence-corrected chi connectivity index (χ2v) is 3.64. The van der Waals surface area contributed by atoms with Crippen LogP contribution in [0.2, 0.25) is 0 Å². The Hall–Kier alpha value is -1.77. The van der Waals surface area contributed by atoms with Gasteiger partial charge in [-0.2, -0.15) is 0 Å². The molecule has 0 radical (unpaired) electrons. The standard InChI is InChI=1S/C13H17NO2/c1-4-13(15)14-11-7-5-6-8-12(11)16-9-10(2)3/h5-8H,2,4,9H2,1,3H3,(H,14,15). The third-order valence-corrected chi connectivity index (χ3v) is 1.96. The van der Waals surface area contributed by atoms with Crippen molar-refractivity contribution >= 4 is 11.6 Å². The summed E-state index contributed by atoms with van der Waals surface area (Å²) in [6, 6.07) is 7.38. The zero-order valence-corrected chi connectivity index (χ0v) is 9.75. The Kier molecular flexibility index (Phi) is 4.58. The maximum Gasteiger partial charge on any atom is 0.224 e. The molecule has 1 aromatic carbocycles. The Morgan fingerprint density at radius 2 is 2.12 bits per heavy atom. The molecule has 0 aromatic heterocycles. The molecule has 1 N–H and O–H groups in total. The Balaban J connectivity index is 2.74. The second kappa shape index (κ2) is 5.95. The lowest BCUT2D eigenvalue weighted by atomic mass is 10.2. The average Bonchev–Trinajstić information content (AvgIpc) is 2.27. The van der Waals surface area contributed by atoms with E-state index in [9.17, 15) is 4.79 Å². The molecule has 0 unspecified atom stereocenters. The first-order chi connectivity index (χ1) is 7.63. The van der Waals surface area contributed by atoms with Gasteiger partial charge in [-0.1, -0.05) is 25.6 Å². The first-order valence-electron chi connectivity index (χ1n) is 5.29. The van der Waals surface area contributed by atoms with Gasteiger partial charge in [0.05, 0.1) is 5.69 Å². The quantitative estimate of drug-likeness (QED) is 0.773. The molecule has 0 fully saturated rings. The summed E-state index contributed by atoms with van der Waals surface area (Å²) in [5.74, 6) is 0.652. The van der Waals surface area contributed by atoms with Crippen molar-refractivity contribution in [2.45, 2.75) is 20.3 Å². The summed E-state index contributed by atoms with van der Waals surface area (Å²) < 4.78 is 5.53. The minimum atomic E-state index is -0.0219. The van der Waals surface area contributed by atoms with E-state index in [4.69, 9.17) is 4.74 Å². The lowest BCUT2D eigenvalue weighted by Crippen LogP contribution is -2.11. The lowest BCUT2D eigenvalue weighted by molar-refractivity contribution is -0.115. The van der Waals surface area contributed by atoms with Crippen LogP contribution in [0.15, 0.2) is 36.4 Å². The maximum absolute atomic E-state index is 11.3. The van der Waals surface area contributed by atoms with Crippen molar-refractivity contribution in [2.24, 2.45) is 0 Å². The number of nitrogens with one attached hydrogen (secondary N) is 1. The van der Waals surface area contributed by atoms with Gasteiger partial charge in [-0.3, -0.25) is 4.79 Å². The van der Waals surface area contributed by atoms with E-state index in [1.54, 1.807) is 0 Å². The van der Waals surface area contributed by atoms with Gasteiger partial charge in [-0.05, 0) is 24.6 Å². The summed E-state index contributed by atoms with van der Waals surface area (Å²) >= 11 is 0. The van der Waals surface area contributed by atoms with Crippen LogP contribution in [0.4, 0.5) is 5.69 Å². The number of hydrogen-bond donors (Lipinski definition) is 1. The number of para-hydroxylation sites is 2. The van der Waals surface area contributed by atoms with Crippen LogP contribution in [0, 0.1) is 0 Å². The highest BCUT2D eigenvalue weighted by atomic mass is 16.5. The van der Waals surface area contributed by atoms with Gasteiger partial charge in [0, 0.05) is 6.42 Å². The molecule has 1 aromatic rings. The second-order valence-electron chi connectivity index (χ2n) is 3.64. The molecule has 1 amide bonds. The van der Waals surface area contributed by atoms with E-state index in [0.29, 0.717) is 24.5 Å². The summed E-state index contributed by atoms with van der Waals surface area (Å²) in [6.45, 7) is 7.93. The Morgan fingerprint density at radius 1 is 1.44 bits per heavy atom. The van der Waals surface area contributed by atoms with Gasteiger partial charge in [-0.15, -0.1) is 0 Å². The maximum atomic E-state index is 11.3. The molecule has 0 spiro atoms. The van der Waals surface area contributed by atoms with E-state index in [2.05, 4.69) is 11.9 Å². The highest BCUT2D eigenvalue weighted by Crippen LogP contribution is 2.24. The fourth-order valence-electron chi connectivity index (χ4n) is 1.14. The number of amides is 1. The normalized spacial score (nSPS) is 9.62. The van der Waals surface area contributed by atoms with Gasteiger partial charge in [0.1, 0.15) is 12.4 Å². The van der Waals surface area contributed by atoms with Crippen LogP contribution in [-0.2, 0) is 4.79 Å². The van der Waals surface area contributed by atoms with Gasteiger partial charge in [0.2, 0.25) is 5.91 Å². The molecular weight excluding hydrogens is 202 g/mol. The molecule has 0 saturated heterocycles. The molecular formula is C13H17NO2. The highest BCUT2D eigenvalue weighted by molar-refractivity contribution is 5.91. The van der Waals surface area contributed by atoms with Crippen LogP contribution in [0.25, 0.3) is 0 Å². The van der Waals surface area contributed by atoms with Gasteiger partial charge in [0.15, 0.2) is 0 Å². The van der Waals surface area contributed by atoms with Crippen LogP contribution in [0.5, 0.6) is 5.75 Å². The van der Waals surface area contributed by atoms with Crippen molar-refractivity contribution in [2.75, 3.05) is 11.9 Å². The predicted molar refractivity (Wildman–Crippen MR) is 65.7 cm³/mol. The first kappa shape index (κ1) is 12.3. The number of hydrogen-bond acceptors (Lipinski definition) is 2. The van der Waals surface area contributed by atoms with E-state index < -0.39 is 0 Å². The minimum Gasteiger partial charge on any atom is -0.487 e. The summed E-state index contributed by atoms with van der Waals surface area (Å²) in [7, 11) is 0. The molecule has 3 heteroatoms. The van der Waals surface area contributed by atoms with Crippen LogP contribution >= 0.6 is 0 Å². The van der Waals surface area contributed by atoms with Crippen molar-refractivity contribution in [1.82, 2.24) is 0 Å². The Morgan fingerprint density at radius 3 is 2.75 bits per heavy atom. The van der Waals surface area contributed by atoms with E-state index in [-0.39, 0.29) is 5.91 Å². The Labute approximate surface area is 96.1 Å². The number of rotatable bonds is 5. The SMILES string of the molecule is C=C(C)COc1ccccc1NC(=O)CC. The lowest BCUT2D eigenvalue weighted by Gasteiger charge is -2.11. The molecule has 1 rings (SSSR count). The zero-order valence-electron chi connectivity index (χ0n) is 9.75. The van der Waals surface area contributed by atoms with Gasteiger partial charge < -0.3 is 10.1 Å². The fraction of sp³-hybridized carbons (Fsp3) is 0.308. The number of carbonyl (C=O) groups excluding carboxylic acids is 1. The highest BCUT2D eigenvalue weighted by Gasteiger charge is 2.05. The van der Waals surface area contributed by atoms with Crippen molar-refractivity contribution in [1.29, 1.82) is 0 Å². The van der Waals surface area contributed by atoms with Gasteiger partial charge >= 0.3 is 0 Å². The number of ether oxygens (including phenoxy) is 1. The number of carbonyl (C=O) groups is 1. The molecule has 3 nitrogen and oxygen atoms in total. The Bertz CT molecular complexity index is 385. The van der Waals surface area contributed by atoms with Crippen molar-refractivity contribution in [3.8, 4) is 5.75 Å². The fourth-order valence-corrected chi connectivity index (χ4v) is 1.14. The third-order valence-electron chi connectivity index (χ3n) is 1.96. The minimum absolute atomic E-state index is 0.0219. The average molecular weight is 219 g/mol. The molecule has 0 atom stereocenters. The van der Waals surface area contributed by atoms with E-state index in [0.717, 1.165) is 5.57 Å². The number of anilines is 1. The zero-order chi connectivity index (χ0) is 12.0. The van der Waals surface area contributed by atoms with E-state index in [1.807, 2.05) is 38.1 Å². The molecule has 0 saturated carbocycles. The number of benzene rings is 1. The van der Waals surface area contributed by atoms with Crippen LogP contribution in [0.1, 0.15) is 20.3 Å². The molecule has 0 aliphatic carbocycles. The molecule has 16 heavy (non-hydrogen) atoms. The van der Waals surface area contributed by atoms with Crippen LogP contribution in [0.3, 0.4) is 0 Å². The van der Waals surface area contributed by atoms with E-state index >= 15 is 0 Å². The predicted octanol–water partition coefficient (Wildman–Crippen LogP) is 2.99. The van der Waals surface area contributed by atoms with Crippen LogP contribution < -0.4 is 10.1 Å². The largest absolute Gasteiger partial charge is 0.487 e. The van der Waals surface area contributed by atoms with Crippen molar-refractivity contribution in [3.63, 3.8) is 0 Å². The van der Waals surface area contributed by atoms with E-state index in [1.165, 1.54) is 0 Å². The summed E-state index contributed by atoms with van der Waals surface area (Å²) in [6.07, 6.45) is 0.453. The van der Waals surface area contributed by atoms with Gasteiger partial charge in [0.25, 0.3) is 0 Å². The van der Waals surface area contributed by atoms with Crippen molar-refractivity contribution in [3.05, 3.63) is 36.4 Å². The first-order valence-corrected chi connectivity index (χ1v) is 5.29. The van der Waals surface area contributed by atoms with Crippen molar-refractivity contribution < 1.29 is 9.53 Å². The molecule has 0 heterocycles. The van der Waals surface area contributed by atoms with Gasteiger partial charge in [-0.25, -0.2) is 0 Å². The third kappa shape index (κ3) is 3.77. The summed E-state index contributed by atoms with van der Waals surface area (Å²) in [5.41, 5.74) is 1.65. The monoisotopic (exact) mass is 219 g/mol. The topological polar surface area (TPSA) is 38.3 Å².